The zero-order valence-electron chi connectivity index (χ0n) is 20.7. The van der Waals surface area contributed by atoms with Gasteiger partial charge in [-0.05, 0) is 32.8 Å². The number of aromatic nitrogens is 7. The van der Waals surface area contributed by atoms with E-state index in [9.17, 15) is 12.8 Å². The summed E-state index contributed by atoms with van der Waals surface area (Å²) in [5, 5.41) is 10.8. The van der Waals surface area contributed by atoms with E-state index in [0.29, 0.717) is 52.7 Å². The van der Waals surface area contributed by atoms with Crippen LogP contribution in [0.2, 0.25) is 0 Å². The number of nitrogens with zero attached hydrogens (tertiary/aromatic N) is 7. The van der Waals surface area contributed by atoms with Crippen LogP contribution in [0.1, 0.15) is 37.8 Å². The maximum atomic E-state index is 12.5. The Morgan fingerprint density at radius 2 is 1.97 bits per heavy atom. The predicted octanol–water partition coefficient (Wildman–Crippen LogP) is 3.17. The van der Waals surface area contributed by atoms with E-state index in [1.54, 1.807) is 36.9 Å². The molecule has 0 unspecified atom stereocenters. The van der Waals surface area contributed by atoms with E-state index in [0.717, 1.165) is 4.09 Å². The molecule has 1 N–H and O–H groups in total. The van der Waals surface area contributed by atoms with Gasteiger partial charge in [-0.25, -0.2) is 27.8 Å². The van der Waals surface area contributed by atoms with Crippen molar-refractivity contribution in [3.8, 4) is 29.0 Å². The number of hydrogen-bond donors (Lipinski definition) is 1. The molecule has 1 saturated carbocycles. The third-order valence-electron chi connectivity index (χ3n) is 5.45. The SMILES string of the molecule is CC(C)Oc1cc(Nc2ccnc(-c3cnn(S(=O)(=O)C4CC4)c3)n2)ncc1C#Cc1cnn(CCF)c1. The van der Waals surface area contributed by atoms with Crippen LogP contribution >= 0.6 is 0 Å². The second-order valence-electron chi connectivity index (χ2n) is 8.90. The second-order valence-corrected chi connectivity index (χ2v) is 11.0. The number of pyridine rings is 1. The van der Waals surface area contributed by atoms with Gasteiger partial charge in [0.15, 0.2) is 5.82 Å². The summed E-state index contributed by atoms with van der Waals surface area (Å²) in [5.74, 6) is 7.82. The summed E-state index contributed by atoms with van der Waals surface area (Å²) >= 11 is 0. The maximum absolute atomic E-state index is 12.5. The lowest BCUT2D eigenvalue weighted by Gasteiger charge is -2.13. The zero-order chi connectivity index (χ0) is 26.7. The van der Waals surface area contributed by atoms with Crippen LogP contribution in [-0.4, -0.2) is 60.4 Å². The van der Waals surface area contributed by atoms with Gasteiger partial charge in [0.25, 0.3) is 10.0 Å². The number of alkyl halides is 1. The molecule has 4 aromatic heterocycles. The molecule has 5 rings (SSSR count). The van der Waals surface area contributed by atoms with Crippen LogP contribution in [0.3, 0.4) is 0 Å². The van der Waals surface area contributed by atoms with Gasteiger partial charge in [0.05, 0.1) is 53.2 Å². The number of hydrogen-bond acceptors (Lipinski definition) is 9. The molecule has 196 valence electrons. The minimum absolute atomic E-state index is 0.104. The Hall–Kier alpha value is -4.31. The summed E-state index contributed by atoms with van der Waals surface area (Å²) < 4.78 is 45.8. The first kappa shape index (κ1) is 25.3. The Balaban J connectivity index is 1.36. The van der Waals surface area contributed by atoms with Crippen LogP contribution in [0.5, 0.6) is 5.75 Å². The number of rotatable bonds is 9. The van der Waals surface area contributed by atoms with Crippen LogP contribution in [0.25, 0.3) is 11.4 Å². The summed E-state index contributed by atoms with van der Waals surface area (Å²) in [5.41, 5.74) is 1.71. The lowest BCUT2D eigenvalue weighted by Crippen LogP contribution is -2.17. The van der Waals surface area contributed by atoms with E-state index in [1.165, 1.54) is 17.1 Å². The molecule has 1 aliphatic rings. The van der Waals surface area contributed by atoms with Crippen LogP contribution in [0.15, 0.2) is 49.3 Å². The molecule has 13 heteroatoms. The van der Waals surface area contributed by atoms with Crippen molar-refractivity contribution in [2.24, 2.45) is 0 Å². The van der Waals surface area contributed by atoms with Gasteiger partial charge in [-0.15, -0.1) is 0 Å². The summed E-state index contributed by atoms with van der Waals surface area (Å²) in [6, 6.07) is 3.39. The highest BCUT2D eigenvalue weighted by molar-refractivity contribution is 7.90. The van der Waals surface area contributed by atoms with Crippen molar-refractivity contribution in [3.05, 3.63) is 60.4 Å². The van der Waals surface area contributed by atoms with Gasteiger partial charge in [-0.2, -0.15) is 14.3 Å². The van der Waals surface area contributed by atoms with E-state index in [2.05, 4.69) is 42.3 Å². The first-order valence-corrected chi connectivity index (χ1v) is 13.5. The number of anilines is 2. The molecule has 0 bridgehead atoms. The lowest BCUT2D eigenvalue weighted by atomic mass is 10.2. The molecule has 4 heterocycles. The van der Waals surface area contributed by atoms with Crippen molar-refractivity contribution >= 4 is 21.7 Å². The van der Waals surface area contributed by atoms with Gasteiger partial charge in [0, 0.05) is 24.7 Å². The van der Waals surface area contributed by atoms with E-state index in [1.807, 2.05) is 13.8 Å². The van der Waals surface area contributed by atoms with Crippen molar-refractivity contribution in [1.29, 1.82) is 0 Å². The molecule has 11 nitrogen and oxygen atoms in total. The van der Waals surface area contributed by atoms with Gasteiger partial charge in [-0.1, -0.05) is 11.8 Å². The number of halogens is 1. The normalized spacial score (nSPS) is 13.3. The highest BCUT2D eigenvalue weighted by Gasteiger charge is 2.37. The topological polar surface area (TPSA) is 130 Å². The second kappa shape index (κ2) is 10.6. The Labute approximate surface area is 219 Å². The number of nitrogens with one attached hydrogen (secondary N) is 1. The zero-order valence-corrected chi connectivity index (χ0v) is 21.6. The van der Waals surface area contributed by atoms with Gasteiger partial charge in [0.1, 0.15) is 24.1 Å². The molecule has 1 aliphatic carbocycles. The fraction of sp³-hybridized carbons (Fsp3) is 0.320. The molecule has 0 radical (unpaired) electrons. The summed E-state index contributed by atoms with van der Waals surface area (Å²) in [7, 11) is -3.47. The minimum atomic E-state index is -3.47. The van der Waals surface area contributed by atoms with Crippen molar-refractivity contribution in [2.45, 2.75) is 44.6 Å². The first-order valence-electron chi connectivity index (χ1n) is 12.0. The lowest BCUT2D eigenvalue weighted by molar-refractivity contribution is 0.241. The Morgan fingerprint density at radius 1 is 1.13 bits per heavy atom. The molecular formula is C25H25FN8O3S. The van der Waals surface area contributed by atoms with Crippen molar-refractivity contribution in [1.82, 2.24) is 33.9 Å². The summed E-state index contributed by atoms with van der Waals surface area (Å²) in [6.07, 6.45) is 10.5. The third kappa shape index (κ3) is 5.81. The average molecular weight is 537 g/mol. The van der Waals surface area contributed by atoms with Crippen molar-refractivity contribution < 1.29 is 17.5 Å². The molecule has 38 heavy (non-hydrogen) atoms. The van der Waals surface area contributed by atoms with E-state index in [-0.39, 0.29) is 17.9 Å². The smallest absolute Gasteiger partial charge is 0.256 e. The van der Waals surface area contributed by atoms with Crippen LogP contribution in [-0.2, 0) is 16.6 Å². The summed E-state index contributed by atoms with van der Waals surface area (Å²) in [4.78, 5) is 13.2. The molecule has 4 aromatic rings. The number of ether oxygens (including phenoxy) is 1. The third-order valence-corrected chi connectivity index (χ3v) is 7.49. The predicted molar refractivity (Wildman–Crippen MR) is 138 cm³/mol. The van der Waals surface area contributed by atoms with Crippen LogP contribution < -0.4 is 10.1 Å². The van der Waals surface area contributed by atoms with Gasteiger partial charge >= 0.3 is 0 Å². The molecule has 0 saturated heterocycles. The Kier molecular flexibility index (Phi) is 7.06. The van der Waals surface area contributed by atoms with E-state index >= 15 is 0 Å². The molecule has 0 aromatic carbocycles. The highest BCUT2D eigenvalue weighted by atomic mass is 32.2. The monoisotopic (exact) mass is 536 g/mol. The quantitative estimate of drug-likeness (QED) is 0.321. The molecule has 0 atom stereocenters. The first-order chi connectivity index (χ1) is 18.3. The fourth-order valence-corrected chi connectivity index (χ4v) is 4.98. The van der Waals surface area contributed by atoms with Crippen molar-refractivity contribution in [2.75, 3.05) is 12.0 Å². The van der Waals surface area contributed by atoms with Crippen LogP contribution in [0.4, 0.5) is 16.0 Å². The highest BCUT2D eigenvalue weighted by Crippen LogP contribution is 2.30. The van der Waals surface area contributed by atoms with Gasteiger partial charge in [0.2, 0.25) is 0 Å². The average Bonchev–Trinajstić information content (AvgIpc) is 3.46. The Bertz CT molecular complexity index is 1620. The van der Waals surface area contributed by atoms with E-state index in [4.69, 9.17) is 4.74 Å². The molecule has 0 amide bonds. The largest absolute Gasteiger partial charge is 0.490 e. The molecule has 0 spiro atoms. The van der Waals surface area contributed by atoms with Crippen molar-refractivity contribution in [3.63, 3.8) is 0 Å². The molecule has 1 fully saturated rings. The number of aryl methyl sites for hydroxylation is 1. The Morgan fingerprint density at radius 3 is 2.74 bits per heavy atom. The summed E-state index contributed by atoms with van der Waals surface area (Å²) in [6.45, 7) is 3.50. The fourth-order valence-electron chi connectivity index (χ4n) is 3.50. The minimum Gasteiger partial charge on any atom is -0.490 e. The van der Waals surface area contributed by atoms with Gasteiger partial charge < -0.3 is 10.1 Å². The molecule has 0 aliphatic heterocycles. The standard InChI is InChI=1S/C25H25FN8O3S/c1-17(2)37-22-11-24(28-13-19(22)4-3-18-12-29-33(15-18)10-8-26)31-23-7-9-27-25(32-23)20-14-30-34(16-20)38(35,36)21-5-6-21/h7,9,11-17,21H,5-6,8,10H2,1-2H3,(H,27,28,31,32). The van der Waals surface area contributed by atoms with E-state index < -0.39 is 16.7 Å². The van der Waals surface area contributed by atoms with Crippen LogP contribution in [0, 0.1) is 11.8 Å². The van der Waals surface area contributed by atoms with Gasteiger partial charge in [-0.3, -0.25) is 4.68 Å². The molecular weight excluding hydrogens is 511 g/mol. The maximum Gasteiger partial charge on any atom is 0.256 e.